The molecule has 0 unspecified atom stereocenters. The lowest BCUT2D eigenvalue weighted by Crippen LogP contribution is -2.23. The van der Waals surface area contributed by atoms with Gasteiger partial charge in [0.05, 0.1) is 11.9 Å². The smallest absolute Gasteiger partial charge is 0.136 e. The molecule has 0 radical (unpaired) electrons. The summed E-state index contributed by atoms with van der Waals surface area (Å²) in [5.41, 5.74) is 2.35. The van der Waals surface area contributed by atoms with Crippen LogP contribution in [0.5, 0.6) is 0 Å². The van der Waals surface area contributed by atoms with Gasteiger partial charge in [0, 0.05) is 30.9 Å². The third-order valence-corrected chi connectivity index (χ3v) is 3.35. The SMILES string of the molecule is CCN(CC)c1ncc(NC)c2ccc(C)cc12. The highest BCUT2D eigenvalue weighted by Crippen LogP contribution is 2.30. The molecule has 3 heteroatoms. The number of pyridine rings is 1. The molecule has 0 bridgehead atoms. The number of anilines is 2. The molecule has 3 nitrogen and oxygen atoms in total. The summed E-state index contributed by atoms with van der Waals surface area (Å²) in [6.45, 7) is 8.41. The largest absolute Gasteiger partial charge is 0.386 e. The van der Waals surface area contributed by atoms with Gasteiger partial charge in [0.2, 0.25) is 0 Å². The molecule has 0 saturated heterocycles. The molecule has 0 fully saturated rings. The Morgan fingerprint density at radius 3 is 2.50 bits per heavy atom. The highest BCUT2D eigenvalue weighted by atomic mass is 15.2. The van der Waals surface area contributed by atoms with E-state index in [1.807, 2.05) is 13.2 Å². The summed E-state index contributed by atoms with van der Waals surface area (Å²) in [5, 5.41) is 5.67. The summed E-state index contributed by atoms with van der Waals surface area (Å²) < 4.78 is 0. The predicted molar refractivity (Wildman–Crippen MR) is 79.6 cm³/mol. The van der Waals surface area contributed by atoms with E-state index in [2.05, 4.69) is 54.2 Å². The Balaban J connectivity index is 2.71. The molecule has 1 aromatic carbocycles. The fourth-order valence-electron chi connectivity index (χ4n) is 2.32. The average molecular weight is 243 g/mol. The van der Waals surface area contributed by atoms with Crippen LogP contribution in [0.3, 0.4) is 0 Å². The van der Waals surface area contributed by atoms with E-state index in [-0.39, 0.29) is 0 Å². The van der Waals surface area contributed by atoms with Crippen LogP contribution in [0.4, 0.5) is 11.5 Å². The number of fused-ring (bicyclic) bond motifs is 1. The van der Waals surface area contributed by atoms with E-state index >= 15 is 0 Å². The summed E-state index contributed by atoms with van der Waals surface area (Å²) in [6, 6.07) is 6.54. The summed E-state index contributed by atoms with van der Waals surface area (Å²) >= 11 is 0. The van der Waals surface area contributed by atoms with Gasteiger partial charge >= 0.3 is 0 Å². The van der Waals surface area contributed by atoms with E-state index in [4.69, 9.17) is 0 Å². The van der Waals surface area contributed by atoms with Crippen molar-refractivity contribution in [3.63, 3.8) is 0 Å². The number of benzene rings is 1. The molecule has 1 N–H and O–H groups in total. The first kappa shape index (κ1) is 12.7. The molecule has 96 valence electrons. The Labute approximate surface area is 109 Å². The van der Waals surface area contributed by atoms with Crippen molar-refractivity contribution < 1.29 is 0 Å². The molecular weight excluding hydrogens is 222 g/mol. The van der Waals surface area contributed by atoms with Crippen molar-refractivity contribution in [1.82, 2.24) is 4.98 Å². The topological polar surface area (TPSA) is 28.2 Å². The van der Waals surface area contributed by atoms with E-state index in [1.54, 1.807) is 0 Å². The second-order valence-electron chi connectivity index (χ2n) is 4.47. The highest BCUT2D eigenvalue weighted by Gasteiger charge is 2.11. The predicted octanol–water partition coefficient (Wildman–Crippen LogP) is 3.43. The normalized spacial score (nSPS) is 10.7. The lowest BCUT2D eigenvalue weighted by Gasteiger charge is -2.22. The van der Waals surface area contributed by atoms with Gasteiger partial charge in [0.15, 0.2) is 0 Å². The van der Waals surface area contributed by atoms with Crippen LogP contribution in [0, 0.1) is 6.92 Å². The van der Waals surface area contributed by atoms with Crippen LogP contribution in [0.1, 0.15) is 19.4 Å². The molecule has 0 aliphatic rings. The lowest BCUT2D eigenvalue weighted by atomic mass is 10.1. The Kier molecular flexibility index (Phi) is 3.70. The summed E-state index contributed by atoms with van der Waals surface area (Å²) in [6.07, 6.45) is 1.92. The molecule has 18 heavy (non-hydrogen) atoms. The number of hydrogen-bond acceptors (Lipinski definition) is 3. The first-order valence-corrected chi connectivity index (χ1v) is 6.53. The van der Waals surface area contributed by atoms with Crippen molar-refractivity contribution in [2.24, 2.45) is 0 Å². The van der Waals surface area contributed by atoms with E-state index < -0.39 is 0 Å². The van der Waals surface area contributed by atoms with Crippen molar-refractivity contribution in [3.05, 3.63) is 30.0 Å². The lowest BCUT2D eigenvalue weighted by molar-refractivity contribution is 0.852. The Hall–Kier alpha value is -1.77. The van der Waals surface area contributed by atoms with Crippen molar-refractivity contribution in [1.29, 1.82) is 0 Å². The maximum atomic E-state index is 4.62. The minimum absolute atomic E-state index is 0.978. The maximum Gasteiger partial charge on any atom is 0.136 e. The second kappa shape index (κ2) is 5.25. The summed E-state index contributed by atoms with van der Waals surface area (Å²) in [5.74, 6) is 1.08. The van der Waals surface area contributed by atoms with Gasteiger partial charge in [-0.1, -0.05) is 17.7 Å². The number of nitrogens with one attached hydrogen (secondary N) is 1. The van der Waals surface area contributed by atoms with Gasteiger partial charge in [-0.2, -0.15) is 0 Å². The van der Waals surface area contributed by atoms with Gasteiger partial charge in [0.25, 0.3) is 0 Å². The van der Waals surface area contributed by atoms with Gasteiger partial charge in [-0.05, 0) is 26.8 Å². The van der Waals surface area contributed by atoms with Gasteiger partial charge in [0.1, 0.15) is 5.82 Å². The minimum Gasteiger partial charge on any atom is -0.386 e. The quantitative estimate of drug-likeness (QED) is 0.891. The highest BCUT2D eigenvalue weighted by molar-refractivity contribution is 6.00. The molecule has 2 rings (SSSR count). The van der Waals surface area contributed by atoms with E-state index in [9.17, 15) is 0 Å². The molecule has 1 heterocycles. The fraction of sp³-hybridized carbons (Fsp3) is 0.400. The number of hydrogen-bond donors (Lipinski definition) is 1. The number of nitrogens with zero attached hydrogens (tertiary/aromatic N) is 2. The molecule has 2 aromatic rings. The van der Waals surface area contributed by atoms with Crippen LogP contribution in [0.15, 0.2) is 24.4 Å². The molecule has 0 spiro atoms. The van der Waals surface area contributed by atoms with E-state index in [1.165, 1.54) is 16.3 Å². The summed E-state index contributed by atoms with van der Waals surface area (Å²) in [4.78, 5) is 6.92. The second-order valence-corrected chi connectivity index (χ2v) is 4.47. The van der Waals surface area contributed by atoms with Crippen molar-refractivity contribution in [2.75, 3.05) is 30.4 Å². The zero-order chi connectivity index (χ0) is 13.1. The van der Waals surface area contributed by atoms with E-state index in [0.717, 1.165) is 24.6 Å². The molecule has 0 atom stereocenters. The van der Waals surface area contributed by atoms with Crippen molar-refractivity contribution >= 4 is 22.3 Å². The van der Waals surface area contributed by atoms with Crippen LogP contribution >= 0.6 is 0 Å². The average Bonchev–Trinajstić information content (AvgIpc) is 2.40. The standard InChI is InChI=1S/C15H21N3/c1-5-18(6-2)15-13-9-11(3)7-8-12(13)14(16-4)10-17-15/h7-10,16H,5-6H2,1-4H3. The Morgan fingerprint density at radius 1 is 1.17 bits per heavy atom. The number of aryl methyl sites for hydroxylation is 1. The van der Waals surface area contributed by atoms with Crippen LogP contribution in [-0.2, 0) is 0 Å². The molecule has 0 aliphatic carbocycles. The third-order valence-electron chi connectivity index (χ3n) is 3.35. The van der Waals surface area contributed by atoms with Crippen molar-refractivity contribution in [3.8, 4) is 0 Å². The molecular formula is C15H21N3. The number of rotatable bonds is 4. The maximum absolute atomic E-state index is 4.62. The molecule has 1 aromatic heterocycles. The number of aromatic nitrogens is 1. The minimum atomic E-state index is 0.978. The van der Waals surface area contributed by atoms with Gasteiger partial charge in [-0.3, -0.25) is 0 Å². The first-order valence-electron chi connectivity index (χ1n) is 6.53. The van der Waals surface area contributed by atoms with Crippen LogP contribution < -0.4 is 10.2 Å². The Bertz CT molecular complexity index is 545. The Morgan fingerprint density at radius 2 is 1.89 bits per heavy atom. The van der Waals surface area contributed by atoms with Crippen LogP contribution in [-0.4, -0.2) is 25.1 Å². The molecule has 0 aliphatic heterocycles. The zero-order valence-corrected chi connectivity index (χ0v) is 11.6. The third kappa shape index (κ3) is 2.13. The monoisotopic (exact) mass is 243 g/mol. The van der Waals surface area contributed by atoms with Gasteiger partial charge in [-0.15, -0.1) is 0 Å². The van der Waals surface area contributed by atoms with E-state index in [0.29, 0.717) is 0 Å². The summed E-state index contributed by atoms with van der Waals surface area (Å²) in [7, 11) is 1.94. The van der Waals surface area contributed by atoms with Crippen LogP contribution in [0.2, 0.25) is 0 Å². The fourth-order valence-corrected chi connectivity index (χ4v) is 2.32. The van der Waals surface area contributed by atoms with Crippen molar-refractivity contribution in [2.45, 2.75) is 20.8 Å². The molecule has 0 saturated carbocycles. The van der Waals surface area contributed by atoms with Gasteiger partial charge < -0.3 is 10.2 Å². The van der Waals surface area contributed by atoms with Gasteiger partial charge in [-0.25, -0.2) is 4.98 Å². The first-order chi connectivity index (χ1) is 8.71. The zero-order valence-electron chi connectivity index (χ0n) is 11.6. The van der Waals surface area contributed by atoms with Crippen LogP contribution in [0.25, 0.3) is 10.8 Å². The molecule has 0 amide bonds.